The van der Waals surface area contributed by atoms with Crippen molar-refractivity contribution in [3.8, 4) is 0 Å². The van der Waals surface area contributed by atoms with Crippen LogP contribution >= 0.6 is 11.3 Å². The number of aromatic nitrogens is 1. The van der Waals surface area contributed by atoms with E-state index in [0.717, 1.165) is 36.2 Å². The van der Waals surface area contributed by atoms with Crippen LogP contribution in [0.3, 0.4) is 0 Å². The lowest BCUT2D eigenvalue weighted by molar-refractivity contribution is 0.789. The number of hydrogen-bond donors (Lipinski definition) is 2. The molecule has 0 atom stereocenters. The molecule has 2 aromatic rings. The Bertz CT molecular complexity index is 661. The Morgan fingerprint density at radius 1 is 1.22 bits per heavy atom. The molecule has 2 N–H and O–H groups in total. The van der Waals surface area contributed by atoms with Gasteiger partial charge in [-0.15, -0.1) is 11.3 Å². The first kappa shape index (κ1) is 17.5. The lowest BCUT2D eigenvalue weighted by Crippen LogP contribution is -2.38. The molecule has 0 aliphatic carbocycles. The molecule has 0 aliphatic heterocycles. The van der Waals surface area contributed by atoms with Crippen LogP contribution in [0, 0.1) is 20.8 Å². The summed E-state index contributed by atoms with van der Waals surface area (Å²) in [7, 11) is 0. The molecule has 1 heterocycles. The van der Waals surface area contributed by atoms with E-state index in [-0.39, 0.29) is 0 Å². The van der Waals surface area contributed by atoms with Crippen molar-refractivity contribution in [3.05, 3.63) is 51.0 Å². The van der Waals surface area contributed by atoms with Gasteiger partial charge >= 0.3 is 0 Å². The molecule has 1 aromatic carbocycles. The lowest BCUT2D eigenvalue weighted by atomic mass is 10.1. The predicted octanol–water partition coefficient (Wildman–Crippen LogP) is 3.37. The first-order valence-corrected chi connectivity index (χ1v) is 8.95. The summed E-state index contributed by atoms with van der Waals surface area (Å²) in [4.78, 5) is 9.17. The second-order valence-corrected chi connectivity index (χ2v) is 6.72. The minimum Gasteiger partial charge on any atom is -0.357 e. The van der Waals surface area contributed by atoms with E-state index in [0.29, 0.717) is 6.54 Å². The first-order valence-electron chi connectivity index (χ1n) is 8.07. The molecule has 0 bridgehead atoms. The third-order valence-corrected chi connectivity index (χ3v) is 4.41. The molecule has 0 radical (unpaired) electrons. The molecule has 124 valence electrons. The van der Waals surface area contributed by atoms with Gasteiger partial charge in [0.25, 0.3) is 0 Å². The Balaban J connectivity index is 1.91. The van der Waals surface area contributed by atoms with Gasteiger partial charge < -0.3 is 10.6 Å². The number of thiazole rings is 1. The highest BCUT2D eigenvalue weighted by Gasteiger charge is 2.02. The van der Waals surface area contributed by atoms with Gasteiger partial charge in [0.1, 0.15) is 0 Å². The van der Waals surface area contributed by atoms with Crippen molar-refractivity contribution in [1.82, 2.24) is 15.6 Å². The van der Waals surface area contributed by atoms with E-state index in [9.17, 15) is 0 Å². The van der Waals surface area contributed by atoms with Crippen LogP contribution in [-0.4, -0.2) is 24.0 Å². The summed E-state index contributed by atoms with van der Waals surface area (Å²) in [5.41, 5.74) is 4.99. The fourth-order valence-electron chi connectivity index (χ4n) is 2.36. The summed E-state index contributed by atoms with van der Waals surface area (Å²) in [5, 5.41) is 9.92. The van der Waals surface area contributed by atoms with E-state index >= 15 is 0 Å². The topological polar surface area (TPSA) is 49.3 Å². The number of hydrogen-bond acceptors (Lipinski definition) is 3. The van der Waals surface area contributed by atoms with Gasteiger partial charge in [-0.05, 0) is 38.8 Å². The molecular formula is C18H26N4S. The number of benzene rings is 1. The van der Waals surface area contributed by atoms with Crippen molar-refractivity contribution in [1.29, 1.82) is 0 Å². The minimum absolute atomic E-state index is 0.692. The van der Waals surface area contributed by atoms with E-state index < -0.39 is 0 Å². The van der Waals surface area contributed by atoms with Crippen LogP contribution < -0.4 is 10.6 Å². The number of rotatable bonds is 6. The van der Waals surface area contributed by atoms with Crippen LogP contribution in [-0.2, 0) is 13.0 Å². The standard InChI is InChI=1S/C18H26N4S/c1-5-19-18(20-9-8-17-12-23-15(4)22-17)21-11-16-7-6-13(2)10-14(16)3/h6-7,10,12H,5,8-9,11H2,1-4H3,(H2,19,20,21). The number of aryl methyl sites for hydroxylation is 3. The van der Waals surface area contributed by atoms with E-state index in [4.69, 9.17) is 0 Å². The fourth-order valence-corrected chi connectivity index (χ4v) is 3.01. The van der Waals surface area contributed by atoms with Crippen molar-refractivity contribution in [2.75, 3.05) is 13.1 Å². The molecule has 0 saturated heterocycles. The van der Waals surface area contributed by atoms with Gasteiger partial charge in [0.2, 0.25) is 0 Å². The Labute approximate surface area is 143 Å². The number of aliphatic imine (C=N–C) groups is 1. The van der Waals surface area contributed by atoms with Gasteiger partial charge in [-0.3, -0.25) is 0 Å². The lowest BCUT2D eigenvalue weighted by Gasteiger charge is -2.11. The SMILES string of the molecule is CCNC(=NCc1ccc(C)cc1C)NCCc1csc(C)n1. The summed E-state index contributed by atoms with van der Waals surface area (Å²) in [5.74, 6) is 0.861. The van der Waals surface area contributed by atoms with Gasteiger partial charge in [0.05, 0.1) is 17.2 Å². The molecular weight excluding hydrogens is 304 g/mol. The van der Waals surface area contributed by atoms with Gasteiger partial charge in [0.15, 0.2) is 5.96 Å². The summed E-state index contributed by atoms with van der Waals surface area (Å²) < 4.78 is 0. The predicted molar refractivity (Wildman–Crippen MR) is 99.3 cm³/mol. The molecule has 0 saturated carbocycles. The smallest absolute Gasteiger partial charge is 0.191 e. The first-order chi connectivity index (χ1) is 11.1. The van der Waals surface area contributed by atoms with Crippen molar-refractivity contribution >= 4 is 17.3 Å². The highest BCUT2D eigenvalue weighted by molar-refractivity contribution is 7.09. The summed E-state index contributed by atoms with van der Waals surface area (Å²) in [6.07, 6.45) is 0.915. The van der Waals surface area contributed by atoms with E-state index in [1.165, 1.54) is 16.7 Å². The maximum Gasteiger partial charge on any atom is 0.191 e. The van der Waals surface area contributed by atoms with Crippen LogP contribution in [0.25, 0.3) is 0 Å². The maximum atomic E-state index is 4.69. The molecule has 0 spiro atoms. The van der Waals surface area contributed by atoms with Gasteiger partial charge in [0, 0.05) is 24.9 Å². The Morgan fingerprint density at radius 2 is 2.04 bits per heavy atom. The molecule has 0 amide bonds. The van der Waals surface area contributed by atoms with Crippen molar-refractivity contribution < 1.29 is 0 Å². The summed E-state index contributed by atoms with van der Waals surface area (Å²) in [6, 6.07) is 6.51. The zero-order chi connectivity index (χ0) is 16.7. The molecule has 4 nitrogen and oxygen atoms in total. The second-order valence-electron chi connectivity index (χ2n) is 5.66. The third-order valence-electron chi connectivity index (χ3n) is 3.59. The Hall–Kier alpha value is -1.88. The van der Waals surface area contributed by atoms with Crippen LogP contribution in [0.4, 0.5) is 0 Å². The molecule has 0 aliphatic rings. The zero-order valence-electron chi connectivity index (χ0n) is 14.4. The van der Waals surface area contributed by atoms with Crippen LogP contribution in [0.5, 0.6) is 0 Å². The van der Waals surface area contributed by atoms with Crippen LogP contribution in [0.15, 0.2) is 28.6 Å². The molecule has 23 heavy (non-hydrogen) atoms. The molecule has 5 heteroatoms. The van der Waals surface area contributed by atoms with Crippen molar-refractivity contribution in [3.63, 3.8) is 0 Å². The highest BCUT2D eigenvalue weighted by Crippen LogP contribution is 2.11. The van der Waals surface area contributed by atoms with Gasteiger partial charge in [-0.1, -0.05) is 23.8 Å². The molecule has 0 unspecified atom stereocenters. The normalized spacial score (nSPS) is 11.6. The fraction of sp³-hybridized carbons (Fsp3) is 0.444. The molecule has 2 rings (SSSR count). The second kappa shape index (κ2) is 8.67. The Kier molecular flexibility index (Phi) is 6.59. The maximum absolute atomic E-state index is 4.69. The summed E-state index contributed by atoms with van der Waals surface area (Å²) >= 11 is 1.70. The summed E-state index contributed by atoms with van der Waals surface area (Å²) in [6.45, 7) is 10.8. The molecule has 0 fully saturated rings. The minimum atomic E-state index is 0.692. The molecule has 1 aromatic heterocycles. The third kappa shape index (κ3) is 5.67. The van der Waals surface area contributed by atoms with E-state index in [2.05, 4.69) is 65.0 Å². The van der Waals surface area contributed by atoms with Crippen LogP contribution in [0.1, 0.15) is 34.3 Å². The van der Waals surface area contributed by atoms with Gasteiger partial charge in [-0.2, -0.15) is 0 Å². The van der Waals surface area contributed by atoms with Crippen molar-refractivity contribution in [2.45, 2.75) is 40.7 Å². The largest absolute Gasteiger partial charge is 0.357 e. The average molecular weight is 331 g/mol. The van der Waals surface area contributed by atoms with E-state index in [1.54, 1.807) is 11.3 Å². The van der Waals surface area contributed by atoms with Gasteiger partial charge in [-0.25, -0.2) is 9.98 Å². The van der Waals surface area contributed by atoms with Crippen LogP contribution in [0.2, 0.25) is 0 Å². The zero-order valence-corrected chi connectivity index (χ0v) is 15.3. The number of nitrogens with zero attached hydrogens (tertiary/aromatic N) is 2. The van der Waals surface area contributed by atoms with E-state index in [1.807, 2.05) is 6.92 Å². The quantitative estimate of drug-likeness (QED) is 0.631. The average Bonchev–Trinajstić information content (AvgIpc) is 2.91. The highest BCUT2D eigenvalue weighted by atomic mass is 32.1. The van der Waals surface area contributed by atoms with Crippen molar-refractivity contribution in [2.24, 2.45) is 4.99 Å². The number of guanidine groups is 1. The monoisotopic (exact) mass is 330 g/mol. The number of nitrogens with one attached hydrogen (secondary N) is 2. The Morgan fingerprint density at radius 3 is 2.70 bits per heavy atom.